The summed E-state index contributed by atoms with van der Waals surface area (Å²) in [4.78, 5) is 14.2. The van der Waals surface area contributed by atoms with Crippen LogP contribution in [0.2, 0.25) is 0 Å². The quantitative estimate of drug-likeness (QED) is 0.849. The number of carboxylic acids is 1. The number of thiophene rings is 1. The lowest BCUT2D eigenvalue weighted by Crippen LogP contribution is -2.46. The van der Waals surface area contributed by atoms with Crippen LogP contribution in [0.5, 0.6) is 0 Å². The average molecular weight is 295 g/mol. The van der Waals surface area contributed by atoms with Crippen LogP contribution < -0.4 is 0 Å². The topological polar surface area (TPSA) is 49.8 Å². The van der Waals surface area contributed by atoms with Gasteiger partial charge in [-0.2, -0.15) is 0 Å². The summed E-state index contributed by atoms with van der Waals surface area (Å²) < 4.78 is 5.60. The van der Waals surface area contributed by atoms with Crippen molar-refractivity contribution in [3.05, 3.63) is 28.0 Å². The van der Waals surface area contributed by atoms with Gasteiger partial charge in [-0.25, -0.2) is 4.79 Å². The zero-order chi connectivity index (χ0) is 14.6. The molecule has 1 aliphatic heterocycles. The number of rotatable bonds is 5. The minimum absolute atomic E-state index is 0.0401. The van der Waals surface area contributed by atoms with Gasteiger partial charge in [-0.05, 0) is 49.4 Å². The second-order valence-electron chi connectivity index (χ2n) is 5.49. The first-order chi connectivity index (χ1) is 9.50. The van der Waals surface area contributed by atoms with Crippen LogP contribution in [-0.2, 0) is 16.1 Å². The predicted octanol–water partition coefficient (Wildman–Crippen LogP) is 2.85. The predicted molar refractivity (Wildman–Crippen MR) is 80.9 cm³/mol. The largest absolute Gasteiger partial charge is 0.478 e. The van der Waals surface area contributed by atoms with Gasteiger partial charge in [0.05, 0.1) is 5.60 Å². The SMILES string of the molecule is COC1(C)CCCN(Cc2cc(/C=C/C(=O)O)cs2)C1. The van der Waals surface area contributed by atoms with Crippen LogP contribution in [0.3, 0.4) is 0 Å². The van der Waals surface area contributed by atoms with Crippen LogP contribution in [0.25, 0.3) is 6.08 Å². The minimum atomic E-state index is -0.912. The van der Waals surface area contributed by atoms with Gasteiger partial charge in [0.1, 0.15) is 0 Å². The van der Waals surface area contributed by atoms with Gasteiger partial charge in [0.2, 0.25) is 0 Å². The average Bonchev–Trinajstić information content (AvgIpc) is 2.84. The molecule has 4 nitrogen and oxygen atoms in total. The summed E-state index contributed by atoms with van der Waals surface area (Å²) in [5.74, 6) is -0.912. The van der Waals surface area contributed by atoms with Gasteiger partial charge in [-0.1, -0.05) is 0 Å². The lowest BCUT2D eigenvalue weighted by atomic mass is 9.95. The molecule has 110 valence electrons. The lowest BCUT2D eigenvalue weighted by molar-refractivity contribution is -0.131. The summed E-state index contributed by atoms with van der Waals surface area (Å²) in [7, 11) is 1.78. The van der Waals surface area contributed by atoms with Crippen LogP contribution in [0, 0.1) is 0 Å². The molecule has 1 N–H and O–H groups in total. The van der Waals surface area contributed by atoms with Crippen molar-refractivity contribution in [3.8, 4) is 0 Å². The Morgan fingerprint density at radius 3 is 3.15 bits per heavy atom. The van der Waals surface area contributed by atoms with Crippen molar-refractivity contribution in [3.63, 3.8) is 0 Å². The van der Waals surface area contributed by atoms with E-state index < -0.39 is 5.97 Å². The van der Waals surface area contributed by atoms with Crippen molar-refractivity contribution in [2.45, 2.75) is 31.9 Å². The highest BCUT2D eigenvalue weighted by Crippen LogP contribution is 2.26. The van der Waals surface area contributed by atoms with Crippen molar-refractivity contribution >= 4 is 23.4 Å². The van der Waals surface area contributed by atoms with Gasteiger partial charge in [0, 0.05) is 31.2 Å². The highest BCUT2D eigenvalue weighted by molar-refractivity contribution is 7.10. The Kier molecular flexibility index (Phi) is 4.96. The molecule has 1 aromatic rings. The van der Waals surface area contributed by atoms with E-state index in [1.54, 1.807) is 24.5 Å². The second-order valence-corrected chi connectivity index (χ2v) is 6.48. The van der Waals surface area contributed by atoms with Crippen LogP contribution in [0.15, 0.2) is 17.5 Å². The maximum absolute atomic E-state index is 10.5. The van der Waals surface area contributed by atoms with Gasteiger partial charge in [0.15, 0.2) is 0 Å². The smallest absolute Gasteiger partial charge is 0.328 e. The van der Waals surface area contributed by atoms with Gasteiger partial charge in [-0.3, -0.25) is 4.90 Å². The number of ether oxygens (including phenoxy) is 1. The molecule has 1 fully saturated rings. The Labute approximate surface area is 123 Å². The molecule has 0 amide bonds. The molecular weight excluding hydrogens is 274 g/mol. The van der Waals surface area contributed by atoms with Crippen LogP contribution >= 0.6 is 11.3 Å². The van der Waals surface area contributed by atoms with E-state index in [2.05, 4.69) is 17.9 Å². The molecule has 0 aromatic carbocycles. The molecule has 0 aliphatic carbocycles. The number of methoxy groups -OCH3 is 1. The highest BCUT2D eigenvalue weighted by atomic mass is 32.1. The molecule has 20 heavy (non-hydrogen) atoms. The Morgan fingerprint density at radius 1 is 1.65 bits per heavy atom. The van der Waals surface area contributed by atoms with E-state index >= 15 is 0 Å². The number of carboxylic acid groups (broad SMARTS) is 1. The number of nitrogens with zero attached hydrogens (tertiary/aromatic N) is 1. The molecule has 1 aliphatic rings. The number of hydrogen-bond donors (Lipinski definition) is 1. The lowest BCUT2D eigenvalue weighted by Gasteiger charge is -2.39. The molecule has 1 saturated heterocycles. The first-order valence-corrected chi connectivity index (χ1v) is 7.65. The minimum Gasteiger partial charge on any atom is -0.478 e. The molecule has 2 heterocycles. The molecule has 5 heteroatoms. The molecule has 1 aromatic heterocycles. The third-order valence-corrected chi connectivity index (χ3v) is 4.64. The van der Waals surface area contributed by atoms with E-state index in [-0.39, 0.29) is 5.60 Å². The van der Waals surface area contributed by atoms with E-state index in [0.717, 1.165) is 38.0 Å². The first kappa shape index (κ1) is 15.2. The van der Waals surface area contributed by atoms with Crippen molar-refractivity contribution < 1.29 is 14.6 Å². The summed E-state index contributed by atoms with van der Waals surface area (Å²) in [6.45, 7) is 5.11. The Balaban J connectivity index is 1.95. The summed E-state index contributed by atoms with van der Waals surface area (Å²) in [6.07, 6.45) is 5.07. The Hall–Kier alpha value is -1.17. The highest BCUT2D eigenvalue weighted by Gasteiger charge is 2.30. The normalized spacial score (nSPS) is 24.3. The first-order valence-electron chi connectivity index (χ1n) is 6.77. The van der Waals surface area contributed by atoms with Crippen molar-refractivity contribution in [1.29, 1.82) is 0 Å². The number of hydrogen-bond acceptors (Lipinski definition) is 4. The van der Waals surface area contributed by atoms with E-state index in [1.807, 2.05) is 5.38 Å². The molecule has 1 unspecified atom stereocenters. The van der Waals surface area contributed by atoms with Crippen molar-refractivity contribution in [1.82, 2.24) is 4.90 Å². The fourth-order valence-electron chi connectivity index (χ4n) is 2.57. The fraction of sp³-hybridized carbons (Fsp3) is 0.533. The van der Waals surface area contributed by atoms with Crippen molar-refractivity contribution in [2.75, 3.05) is 20.2 Å². The zero-order valence-corrected chi connectivity index (χ0v) is 12.8. The van der Waals surface area contributed by atoms with E-state index in [9.17, 15) is 4.79 Å². The Morgan fingerprint density at radius 2 is 2.45 bits per heavy atom. The molecule has 1 atom stereocenters. The second kappa shape index (κ2) is 6.52. The molecule has 2 rings (SSSR count). The van der Waals surface area contributed by atoms with Gasteiger partial charge in [0.25, 0.3) is 0 Å². The van der Waals surface area contributed by atoms with Gasteiger partial charge in [-0.15, -0.1) is 11.3 Å². The number of likely N-dealkylation sites (tertiary alicyclic amines) is 1. The fourth-order valence-corrected chi connectivity index (χ4v) is 3.46. The molecule has 0 spiro atoms. The molecule has 0 saturated carbocycles. The monoisotopic (exact) mass is 295 g/mol. The van der Waals surface area contributed by atoms with E-state index in [0.29, 0.717) is 0 Å². The van der Waals surface area contributed by atoms with Crippen LogP contribution in [0.4, 0.5) is 0 Å². The number of carbonyl (C=O) groups is 1. The zero-order valence-electron chi connectivity index (χ0n) is 12.0. The summed E-state index contributed by atoms with van der Waals surface area (Å²) in [5.41, 5.74) is 0.917. The summed E-state index contributed by atoms with van der Waals surface area (Å²) >= 11 is 1.68. The third-order valence-electron chi connectivity index (χ3n) is 3.70. The number of piperidine rings is 1. The Bertz CT molecular complexity index is 497. The number of aliphatic carboxylic acids is 1. The van der Waals surface area contributed by atoms with E-state index in [4.69, 9.17) is 9.84 Å². The standard InChI is InChI=1S/C15H21NO3S/c1-15(19-2)6-3-7-16(11-15)9-13-8-12(10-20-13)4-5-14(17)18/h4-5,8,10H,3,6-7,9,11H2,1-2H3,(H,17,18)/b5-4+. The van der Waals surface area contributed by atoms with Crippen LogP contribution in [0.1, 0.15) is 30.2 Å². The maximum Gasteiger partial charge on any atom is 0.328 e. The summed E-state index contributed by atoms with van der Waals surface area (Å²) in [5, 5.41) is 10.6. The molecule has 0 radical (unpaired) electrons. The maximum atomic E-state index is 10.5. The molecule has 0 bridgehead atoms. The third kappa shape index (κ3) is 4.16. The van der Waals surface area contributed by atoms with Crippen LogP contribution in [-0.4, -0.2) is 41.8 Å². The van der Waals surface area contributed by atoms with Gasteiger partial charge >= 0.3 is 5.97 Å². The van der Waals surface area contributed by atoms with E-state index in [1.165, 1.54) is 11.0 Å². The van der Waals surface area contributed by atoms with Crippen molar-refractivity contribution in [2.24, 2.45) is 0 Å². The van der Waals surface area contributed by atoms with Gasteiger partial charge < -0.3 is 9.84 Å². The summed E-state index contributed by atoms with van der Waals surface area (Å²) in [6, 6.07) is 2.06. The molecular formula is C15H21NO3S.